The Morgan fingerprint density at radius 2 is 1.88 bits per heavy atom. The molecular formula is C17H14N4O4. The van der Waals surface area contributed by atoms with Crippen LogP contribution in [0, 0.1) is 10.1 Å². The van der Waals surface area contributed by atoms with Gasteiger partial charge in [-0.05, 0) is 36.4 Å². The van der Waals surface area contributed by atoms with E-state index in [4.69, 9.17) is 4.74 Å². The molecule has 0 bridgehead atoms. The molecule has 0 aliphatic heterocycles. The Morgan fingerprint density at radius 1 is 1.16 bits per heavy atom. The van der Waals surface area contributed by atoms with Gasteiger partial charge in [0.2, 0.25) is 0 Å². The number of hydrogen-bond acceptors (Lipinski definition) is 5. The fourth-order valence-corrected chi connectivity index (χ4v) is 2.14. The highest BCUT2D eigenvalue weighted by Gasteiger charge is 2.07. The highest BCUT2D eigenvalue weighted by Crippen LogP contribution is 2.19. The molecule has 1 heterocycles. The maximum absolute atomic E-state index is 11.9. The maximum Gasteiger partial charge on any atom is 0.269 e. The van der Waals surface area contributed by atoms with Crippen LogP contribution in [0.1, 0.15) is 0 Å². The average molecular weight is 338 g/mol. The third-order valence-electron chi connectivity index (χ3n) is 3.36. The fraction of sp³-hybridized carbons (Fsp3) is 0.0588. The minimum atomic E-state index is -0.497. The molecule has 0 fully saturated rings. The quantitative estimate of drug-likeness (QED) is 0.530. The van der Waals surface area contributed by atoms with Crippen molar-refractivity contribution in [3.05, 3.63) is 71.0 Å². The predicted molar refractivity (Wildman–Crippen MR) is 91.2 cm³/mol. The monoisotopic (exact) mass is 338 g/mol. The van der Waals surface area contributed by atoms with Gasteiger partial charge in [-0.3, -0.25) is 14.9 Å². The molecule has 0 unspecified atom stereocenters. The summed E-state index contributed by atoms with van der Waals surface area (Å²) < 4.78 is 5.31. The number of nitro benzene ring substituents is 1. The van der Waals surface area contributed by atoms with Crippen LogP contribution in [0.25, 0.3) is 11.4 Å². The van der Waals surface area contributed by atoms with Gasteiger partial charge in [-0.1, -0.05) is 0 Å². The molecule has 2 aromatic carbocycles. The molecule has 8 heteroatoms. The molecular weight excluding hydrogens is 324 g/mol. The summed E-state index contributed by atoms with van der Waals surface area (Å²) in [6.07, 6.45) is 3.40. The van der Waals surface area contributed by atoms with Crippen molar-refractivity contribution in [2.45, 2.75) is 0 Å². The number of imidazole rings is 1. The molecule has 0 saturated carbocycles. The van der Waals surface area contributed by atoms with Gasteiger partial charge < -0.3 is 15.0 Å². The standard InChI is InChI=1S/C17H14N4O4/c22-16(11-25-15-7-5-14(6-8-15)21(23)24)20-13-3-1-12(2-4-13)17-18-9-10-19-17/h1-10H,11H2,(H,18,19)(H,20,22). The number of hydrogen-bond donors (Lipinski definition) is 2. The number of aromatic nitrogens is 2. The van der Waals surface area contributed by atoms with Crippen molar-refractivity contribution in [1.29, 1.82) is 0 Å². The number of nitrogens with one attached hydrogen (secondary N) is 2. The molecule has 25 heavy (non-hydrogen) atoms. The SMILES string of the molecule is O=C(COc1ccc([N+](=O)[O-])cc1)Nc1ccc(-c2ncc[nH]2)cc1. The zero-order chi connectivity index (χ0) is 17.6. The van der Waals surface area contributed by atoms with Gasteiger partial charge in [-0.25, -0.2) is 4.98 Å². The number of ether oxygens (including phenoxy) is 1. The summed E-state index contributed by atoms with van der Waals surface area (Å²) in [5.41, 5.74) is 1.51. The lowest BCUT2D eigenvalue weighted by atomic mass is 10.2. The van der Waals surface area contributed by atoms with E-state index >= 15 is 0 Å². The van der Waals surface area contributed by atoms with Crippen molar-refractivity contribution in [1.82, 2.24) is 9.97 Å². The van der Waals surface area contributed by atoms with Crippen molar-refractivity contribution in [2.75, 3.05) is 11.9 Å². The summed E-state index contributed by atoms with van der Waals surface area (Å²) in [5.74, 6) is 0.803. The van der Waals surface area contributed by atoms with Crippen LogP contribution in [0.3, 0.4) is 0 Å². The third-order valence-corrected chi connectivity index (χ3v) is 3.36. The van der Waals surface area contributed by atoms with Gasteiger partial charge in [-0.15, -0.1) is 0 Å². The molecule has 3 aromatic rings. The molecule has 8 nitrogen and oxygen atoms in total. The molecule has 2 N–H and O–H groups in total. The lowest BCUT2D eigenvalue weighted by Crippen LogP contribution is -2.20. The van der Waals surface area contributed by atoms with Crippen LogP contribution in [-0.4, -0.2) is 27.4 Å². The Labute approximate surface area is 142 Å². The van der Waals surface area contributed by atoms with Gasteiger partial charge in [0.05, 0.1) is 4.92 Å². The number of nitrogens with zero attached hydrogens (tertiary/aromatic N) is 2. The molecule has 126 valence electrons. The highest BCUT2D eigenvalue weighted by molar-refractivity contribution is 5.92. The first-order valence-electron chi connectivity index (χ1n) is 7.39. The summed E-state index contributed by atoms with van der Waals surface area (Å²) in [6.45, 7) is -0.197. The first kappa shape index (κ1) is 16.2. The van der Waals surface area contributed by atoms with E-state index in [2.05, 4.69) is 15.3 Å². The number of amides is 1. The topological polar surface area (TPSA) is 110 Å². The number of nitro groups is 1. The van der Waals surface area contributed by atoms with Crippen molar-refractivity contribution < 1.29 is 14.5 Å². The molecule has 1 aromatic heterocycles. The zero-order valence-electron chi connectivity index (χ0n) is 13.0. The van der Waals surface area contributed by atoms with E-state index in [1.54, 1.807) is 24.5 Å². The maximum atomic E-state index is 11.9. The zero-order valence-corrected chi connectivity index (χ0v) is 13.0. The van der Waals surface area contributed by atoms with Crippen LogP contribution in [0.15, 0.2) is 60.9 Å². The number of anilines is 1. The average Bonchev–Trinajstić information content (AvgIpc) is 3.15. The normalized spacial score (nSPS) is 10.2. The largest absolute Gasteiger partial charge is 0.484 e. The van der Waals surface area contributed by atoms with E-state index in [0.29, 0.717) is 11.4 Å². The summed E-state index contributed by atoms with van der Waals surface area (Å²) in [7, 11) is 0. The van der Waals surface area contributed by atoms with Crippen LogP contribution in [0.4, 0.5) is 11.4 Å². The van der Waals surface area contributed by atoms with Crippen LogP contribution in [-0.2, 0) is 4.79 Å². The van der Waals surface area contributed by atoms with E-state index in [9.17, 15) is 14.9 Å². The van der Waals surface area contributed by atoms with Crippen molar-refractivity contribution in [3.63, 3.8) is 0 Å². The Balaban J connectivity index is 1.53. The van der Waals surface area contributed by atoms with Crippen molar-refractivity contribution in [2.24, 2.45) is 0 Å². The molecule has 0 spiro atoms. The summed E-state index contributed by atoms with van der Waals surface area (Å²) in [5, 5.41) is 13.3. The Kier molecular flexibility index (Phi) is 4.70. The predicted octanol–water partition coefficient (Wildman–Crippen LogP) is 3.00. The molecule has 0 radical (unpaired) electrons. The number of non-ortho nitro benzene ring substituents is 1. The van der Waals surface area contributed by atoms with E-state index < -0.39 is 4.92 Å². The summed E-state index contributed by atoms with van der Waals surface area (Å²) >= 11 is 0. The third kappa shape index (κ3) is 4.20. The number of rotatable bonds is 6. The Morgan fingerprint density at radius 3 is 2.48 bits per heavy atom. The molecule has 0 atom stereocenters. The lowest BCUT2D eigenvalue weighted by Gasteiger charge is -2.08. The van der Waals surface area contributed by atoms with Gasteiger partial charge in [0.15, 0.2) is 6.61 Å². The number of aromatic amines is 1. The number of carbonyl (C=O) groups excluding carboxylic acids is 1. The minimum absolute atomic E-state index is 0.0338. The summed E-state index contributed by atoms with van der Waals surface area (Å²) in [6, 6.07) is 12.7. The van der Waals surface area contributed by atoms with Gasteiger partial charge in [0, 0.05) is 35.8 Å². The first-order valence-corrected chi connectivity index (χ1v) is 7.39. The van der Waals surface area contributed by atoms with Crippen LogP contribution >= 0.6 is 0 Å². The van der Waals surface area contributed by atoms with Crippen LogP contribution in [0.2, 0.25) is 0 Å². The number of benzene rings is 2. The van der Waals surface area contributed by atoms with E-state index in [1.807, 2.05) is 12.1 Å². The molecule has 0 aliphatic rings. The molecule has 1 amide bonds. The van der Waals surface area contributed by atoms with E-state index in [-0.39, 0.29) is 18.2 Å². The number of carbonyl (C=O) groups is 1. The fourth-order valence-electron chi connectivity index (χ4n) is 2.14. The second-order valence-corrected chi connectivity index (χ2v) is 5.10. The Hall–Kier alpha value is -3.68. The second-order valence-electron chi connectivity index (χ2n) is 5.10. The minimum Gasteiger partial charge on any atom is -0.484 e. The van der Waals surface area contributed by atoms with Crippen LogP contribution in [0.5, 0.6) is 5.75 Å². The van der Waals surface area contributed by atoms with Gasteiger partial charge in [-0.2, -0.15) is 0 Å². The molecule has 3 rings (SSSR count). The molecule has 0 saturated heterocycles. The van der Waals surface area contributed by atoms with Gasteiger partial charge >= 0.3 is 0 Å². The van der Waals surface area contributed by atoms with E-state index in [1.165, 1.54) is 24.3 Å². The van der Waals surface area contributed by atoms with Crippen molar-refractivity contribution >= 4 is 17.3 Å². The van der Waals surface area contributed by atoms with E-state index in [0.717, 1.165) is 11.4 Å². The highest BCUT2D eigenvalue weighted by atomic mass is 16.6. The lowest BCUT2D eigenvalue weighted by molar-refractivity contribution is -0.384. The second kappa shape index (κ2) is 7.26. The van der Waals surface area contributed by atoms with Crippen molar-refractivity contribution in [3.8, 4) is 17.1 Å². The number of H-pyrrole nitrogens is 1. The molecule has 0 aliphatic carbocycles. The Bertz CT molecular complexity index is 859. The smallest absolute Gasteiger partial charge is 0.269 e. The first-order chi connectivity index (χ1) is 12.1. The van der Waals surface area contributed by atoms with Crippen LogP contribution < -0.4 is 10.1 Å². The van der Waals surface area contributed by atoms with Gasteiger partial charge in [0.25, 0.3) is 11.6 Å². The summed E-state index contributed by atoms with van der Waals surface area (Å²) in [4.78, 5) is 29.1. The van der Waals surface area contributed by atoms with Gasteiger partial charge in [0.1, 0.15) is 11.6 Å².